The number of esters is 1. The molecule has 0 saturated carbocycles. The Kier molecular flexibility index (Phi) is 3.50. The molecule has 2 aromatic rings. The molecular weight excluding hydrogens is 296 g/mol. The number of ether oxygens (including phenoxy) is 1. The van der Waals surface area contributed by atoms with Crippen molar-refractivity contribution in [1.29, 1.82) is 0 Å². The third kappa shape index (κ3) is 2.23. The highest BCUT2D eigenvalue weighted by Crippen LogP contribution is 2.35. The Hall–Kier alpha value is -2.16. The van der Waals surface area contributed by atoms with Crippen LogP contribution in [0.5, 0.6) is 0 Å². The smallest absolute Gasteiger partial charge is 0.373 e. The van der Waals surface area contributed by atoms with Gasteiger partial charge in [-0.3, -0.25) is 0 Å². The van der Waals surface area contributed by atoms with Crippen molar-refractivity contribution in [2.45, 2.75) is 25.8 Å². The number of hydrogen-bond donors (Lipinski definition) is 0. The Morgan fingerprint density at radius 2 is 2.48 bits per heavy atom. The minimum absolute atomic E-state index is 0.0950. The minimum atomic E-state index is -0.492. The van der Waals surface area contributed by atoms with Gasteiger partial charge in [0.2, 0.25) is 5.82 Å². The van der Waals surface area contributed by atoms with Crippen molar-refractivity contribution in [2.24, 2.45) is 0 Å². The van der Waals surface area contributed by atoms with Gasteiger partial charge in [-0.15, -0.1) is 0 Å². The number of rotatable bonds is 4. The molecule has 0 N–H and O–H groups in total. The first-order valence-electron chi connectivity index (χ1n) is 6.66. The summed E-state index contributed by atoms with van der Waals surface area (Å²) >= 11 is 1.32. The van der Waals surface area contributed by atoms with Crippen LogP contribution in [0.3, 0.4) is 0 Å². The predicted molar refractivity (Wildman–Crippen MR) is 76.7 cm³/mol. The molecule has 21 heavy (non-hydrogen) atoms. The van der Waals surface area contributed by atoms with E-state index in [1.165, 1.54) is 15.7 Å². The topological polar surface area (TPSA) is 90.0 Å². The Labute approximate surface area is 124 Å². The van der Waals surface area contributed by atoms with Crippen LogP contribution in [0, 0.1) is 10.1 Å². The minimum Gasteiger partial charge on any atom is -0.464 e. The van der Waals surface area contributed by atoms with Gasteiger partial charge < -0.3 is 19.8 Å². The van der Waals surface area contributed by atoms with Gasteiger partial charge in [-0.2, -0.15) is 9.38 Å². The summed E-state index contributed by atoms with van der Waals surface area (Å²) in [5, 5.41) is 13.1. The standard InChI is InChI=1S/C12H14N4O4S/c1-2-20-11(17)8-4-3-5-14(8)9-10(16(18)19)15-6-7-21-12(15)13-9/h6-8H,2-5H2,1H3. The van der Waals surface area contributed by atoms with Crippen molar-refractivity contribution in [3.8, 4) is 0 Å². The number of carbonyl (C=O) groups is 1. The zero-order chi connectivity index (χ0) is 15.0. The molecule has 3 rings (SSSR count). The van der Waals surface area contributed by atoms with E-state index < -0.39 is 11.0 Å². The fourth-order valence-corrected chi connectivity index (χ4v) is 3.33. The molecule has 0 radical (unpaired) electrons. The van der Waals surface area contributed by atoms with E-state index in [0.717, 1.165) is 6.42 Å². The number of hydrogen-bond acceptors (Lipinski definition) is 7. The van der Waals surface area contributed by atoms with Crippen LogP contribution in [0.25, 0.3) is 4.96 Å². The molecule has 112 valence electrons. The molecule has 8 nitrogen and oxygen atoms in total. The van der Waals surface area contributed by atoms with Crippen molar-refractivity contribution in [3.63, 3.8) is 0 Å². The van der Waals surface area contributed by atoms with E-state index in [1.54, 1.807) is 23.4 Å². The molecule has 1 atom stereocenters. The van der Waals surface area contributed by atoms with Gasteiger partial charge in [-0.1, -0.05) is 11.3 Å². The van der Waals surface area contributed by atoms with Crippen LogP contribution < -0.4 is 4.90 Å². The summed E-state index contributed by atoms with van der Waals surface area (Å²) in [5.74, 6) is -0.189. The lowest BCUT2D eigenvalue weighted by atomic mass is 10.2. The van der Waals surface area contributed by atoms with Gasteiger partial charge in [-0.25, -0.2) is 4.79 Å². The summed E-state index contributed by atoms with van der Waals surface area (Å²) in [6, 6.07) is -0.492. The molecule has 0 spiro atoms. The maximum Gasteiger partial charge on any atom is 0.373 e. The SMILES string of the molecule is CCOC(=O)C1CCCN1c1nc2sccn2c1[N+](=O)[O-]. The third-order valence-corrected chi connectivity index (χ3v) is 4.23. The second-order valence-electron chi connectivity index (χ2n) is 4.68. The van der Waals surface area contributed by atoms with Gasteiger partial charge in [0.15, 0.2) is 0 Å². The highest BCUT2D eigenvalue weighted by atomic mass is 32.1. The monoisotopic (exact) mass is 310 g/mol. The summed E-state index contributed by atoms with van der Waals surface area (Å²) in [6.45, 7) is 2.60. The van der Waals surface area contributed by atoms with E-state index in [4.69, 9.17) is 4.74 Å². The van der Waals surface area contributed by atoms with Crippen LogP contribution in [0.2, 0.25) is 0 Å². The quantitative estimate of drug-likeness (QED) is 0.486. The van der Waals surface area contributed by atoms with E-state index in [0.29, 0.717) is 24.5 Å². The van der Waals surface area contributed by atoms with Crippen LogP contribution in [0.4, 0.5) is 11.6 Å². The Morgan fingerprint density at radius 1 is 1.67 bits per heavy atom. The first kappa shape index (κ1) is 13.8. The molecule has 1 aliphatic rings. The first-order chi connectivity index (χ1) is 10.1. The fourth-order valence-electron chi connectivity index (χ4n) is 2.63. The lowest BCUT2D eigenvalue weighted by Crippen LogP contribution is -2.37. The molecule has 1 fully saturated rings. The van der Waals surface area contributed by atoms with Crippen LogP contribution in [0.1, 0.15) is 19.8 Å². The van der Waals surface area contributed by atoms with E-state index in [9.17, 15) is 14.9 Å². The summed E-state index contributed by atoms with van der Waals surface area (Å²) in [5.41, 5.74) is 0. The summed E-state index contributed by atoms with van der Waals surface area (Å²) < 4.78 is 6.50. The van der Waals surface area contributed by atoms with Crippen molar-refractivity contribution < 1.29 is 14.5 Å². The molecule has 1 unspecified atom stereocenters. The fraction of sp³-hybridized carbons (Fsp3) is 0.500. The molecule has 1 saturated heterocycles. The zero-order valence-electron chi connectivity index (χ0n) is 11.4. The molecule has 3 heterocycles. The second-order valence-corrected chi connectivity index (χ2v) is 5.55. The summed E-state index contributed by atoms with van der Waals surface area (Å²) in [7, 11) is 0. The molecule has 2 aromatic heterocycles. The second kappa shape index (κ2) is 5.32. The van der Waals surface area contributed by atoms with Gasteiger partial charge in [0.1, 0.15) is 12.2 Å². The number of imidazole rings is 1. The van der Waals surface area contributed by atoms with E-state index >= 15 is 0 Å². The third-order valence-electron chi connectivity index (χ3n) is 3.48. The molecule has 0 aromatic carbocycles. The van der Waals surface area contributed by atoms with Gasteiger partial charge in [-0.05, 0) is 24.7 Å². The van der Waals surface area contributed by atoms with Crippen molar-refractivity contribution in [3.05, 3.63) is 21.7 Å². The number of anilines is 1. The van der Waals surface area contributed by atoms with Crippen LogP contribution in [0.15, 0.2) is 11.6 Å². The number of nitro groups is 1. The molecule has 1 aliphatic heterocycles. The Morgan fingerprint density at radius 3 is 3.19 bits per heavy atom. The maximum atomic E-state index is 12.0. The van der Waals surface area contributed by atoms with Gasteiger partial charge in [0.05, 0.1) is 6.61 Å². The Balaban J connectivity index is 2.02. The number of fused-ring (bicyclic) bond motifs is 1. The molecule has 0 aliphatic carbocycles. The highest BCUT2D eigenvalue weighted by molar-refractivity contribution is 7.15. The number of aromatic nitrogens is 2. The zero-order valence-corrected chi connectivity index (χ0v) is 12.2. The number of carbonyl (C=O) groups excluding carboxylic acids is 1. The average molecular weight is 310 g/mol. The molecule has 0 amide bonds. The van der Waals surface area contributed by atoms with E-state index in [-0.39, 0.29) is 17.6 Å². The van der Waals surface area contributed by atoms with Gasteiger partial charge in [0, 0.05) is 11.9 Å². The van der Waals surface area contributed by atoms with Gasteiger partial charge >= 0.3 is 11.8 Å². The predicted octanol–water partition coefficient (Wildman–Crippen LogP) is 1.84. The normalized spacial score (nSPS) is 18.3. The molecule has 9 heteroatoms. The van der Waals surface area contributed by atoms with Crippen molar-refractivity contribution >= 4 is 33.9 Å². The van der Waals surface area contributed by atoms with Gasteiger partial charge in [0.25, 0.3) is 4.96 Å². The Bertz CT molecular complexity index is 695. The molecular formula is C12H14N4O4S. The van der Waals surface area contributed by atoms with Crippen molar-refractivity contribution in [2.75, 3.05) is 18.1 Å². The number of nitrogens with zero attached hydrogens (tertiary/aromatic N) is 4. The average Bonchev–Trinajstić information content (AvgIpc) is 3.12. The van der Waals surface area contributed by atoms with E-state index in [1.807, 2.05) is 0 Å². The number of thiazole rings is 1. The lowest BCUT2D eigenvalue weighted by Gasteiger charge is -2.22. The van der Waals surface area contributed by atoms with E-state index in [2.05, 4.69) is 4.98 Å². The molecule has 0 bridgehead atoms. The summed E-state index contributed by atoms with van der Waals surface area (Å²) in [4.78, 5) is 29.5. The maximum absolute atomic E-state index is 12.0. The van der Waals surface area contributed by atoms with Crippen LogP contribution >= 0.6 is 11.3 Å². The van der Waals surface area contributed by atoms with Crippen LogP contribution in [-0.4, -0.2) is 39.5 Å². The lowest BCUT2D eigenvalue weighted by molar-refractivity contribution is -0.389. The summed E-state index contributed by atoms with van der Waals surface area (Å²) in [6.07, 6.45) is 3.02. The highest BCUT2D eigenvalue weighted by Gasteiger charge is 2.38. The van der Waals surface area contributed by atoms with Crippen molar-refractivity contribution in [1.82, 2.24) is 9.38 Å². The largest absolute Gasteiger partial charge is 0.464 e. The van der Waals surface area contributed by atoms with Crippen LogP contribution in [-0.2, 0) is 9.53 Å². The first-order valence-corrected chi connectivity index (χ1v) is 7.54.